The molecule has 2 saturated heterocycles. The summed E-state index contributed by atoms with van der Waals surface area (Å²) in [7, 11) is 0. The summed E-state index contributed by atoms with van der Waals surface area (Å²) < 4.78 is 2.09. The summed E-state index contributed by atoms with van der Waals surface area (Å²) in [5, 5.41) is 6.52. The molecule has 2 amide bonds. The van der Waals surface area contributed by atoms with Gasteiger partial charge in [-0.2, -0.15) is 0 Å². The molecule has 0 aliphatic carbocycles. The zero-order valence-corrected chi connectivity index (χ0v) is 14.7. The largest absolute Gasteiger partial charge is 0.336 e. The molecule has 2 aliphatic rings. The SMILES string of the molecule is O=C(NCCn1cnc2ccccc21)N1CCC2(CCNCC2)CC1. The van der Waals surface area contributed by atoms with Gasteiger partial charge in [-0.1, -0.05) is 12.1 Å². The molecule has 6 heteroatoms. The van der Waals surface area contributed by atoms with Gasteiger partial charge >= 0.3 is 6.03 Å². The van der Waals surface area contributed by atoms with Crippen molar-refractivity contribution in [2.24, 2.45) is 5.41 Å². The summed E-state index contributed by atoms with van der Waals surface area (Å²) in [6.45, 7) is 5.41. The van der Waals surface area contributed by atoms with Gasteiger partial charge in [0.25, 0.3) is 0 Å². The second kappa shape index (κ2) is 7.04. The van der Waals surface area contributed by atoms with Crippen molar-refractivity contribution in [2.75, 3.05) is 32.7 Å². The number of para-hydroxylation sites is 2. The minimum Gasteiger partial charge on any atom is -0.336 e. The van der Waals surface area contributed by atoms with E-state index in [1.807, 2.05) is 29.4 Å². The van der Waals surface area contributed by atoms with Gasteiger partial charge in [0.2, 0.25) is 0 Å². The van der Waals surface area contributed by atoms with E-state index in [0.717, 1.165) is 56.6 Å². The fourth-order valence-electron chi connectivity index (χ4n) is 4.22. The molecule has 6 nitrogen and oxygen atoms in total. The summed E-state index contributed by atoms with van der Waals surface area (Å²) >= 11 is 0. The number of rotatable bonds is 3. The van der Waals surface area contributed by atoms with Crippen LogP contribution in [0.25, 0.3) is 11.0 Å². The Morgan fingerprint density at radius 1 is 1.16 bits per heavy atom. The number of imidazole rings is 1. The smallest absolute Gasteiger partial charge is 0.317 e. The minimum absolute atomic E-state index is 0.0770. The molecule has 3 heterocycles. The van der Waals surface area contributed by atoms with E-state index < -0.39 is 0 Å². The molecule has 0 unspecified atom stereocenters. The van der Waals surface area contributed by atoms with E-state index in [9.17, 15) is 4.79 Å². The lowest BCUT2D eigenvalue weighted by Gasteiger charge is -2.44. The molecule has 134 valence electrons. The van der Waals surface area contributed by atoms with Crippen LogP contribution >= 0.6 is 0 Å². The first kappa shape index (κ1) is 16.4. The van der Waals surface area contributed by atoms with E-state index in [-0.39, 0.29) is 6.03 Å². The van der Waals surface area contributed by atoms with Gasteiger partial charge in [0.1, 0.15) is 0 Å². The molecule has 25 heavy (non-hydrogen) atoms. The molecule has 2 N–H and O–H groups in total. The van der Waals surface area contributed by atoms with Gasteiger partial charge in [-0.05, 0) is 56.3 Å². The van der Waals surface area contributed by atoms with Crippen molar-refractivity contribution in [1.82, 2.24) is 25.1 Å². The van der Waals surface area contributed by atoms with Gasteiger partial charge in [0.05, 0.1) is 17.4 Å². The lowest BCUT2D eigenvalue weighted by molar-refractivity contribution is 0.0874. The molecule has 0 radical (unpaired) electrons. The highest BCUT2D eigenvalue weighted by Crippen LogP contribution is 2.39. The Labute approximate surface area is 148 Å². The summed E-state index contributed by atoms with van der Waals surface area (Å²) in [5.74, 6) is 0. The predicted molar refractivity (Wildman–Crippen MR) is 98.5 cm³/mol. The van der Waals surface area contributed by atoms with Crippen LogP contribution in [0.5, 0.6) is 0 Å². The predicted octanol–water partition coefficient (Wildman–Crippen LogP) is 2.21. The Hall–Kier alpha value is -2.08. The number of aromatic nitrogens is 2. The summed E-state index contributed by atoms with van der Waals surface area (Å²) in [6, 6.07) is 8.16. The van der Waals surface area contributed by atoms with Crippen LogP contribution in [-0.2, 0) is 6.54 Å². The number of carbonyl (C=O) groups is 1. The van der Waals surface area contributed by atoms with Crippen molar-refractivity contribution >= 4 is 17.1 Å². The van der Waals surface area contributed by atoms with Crippen LogP contribution in [0.15, 0.2) is 30.6 Å². The fourth-order valence-corrected chi connectivity index (χ4v) is 4.22. The number of nitrogens with zero attached hydrogens (tertiary/aromatic N) is 3. The van der Waals surface area contributed by atoms with E-state index in [1.54, 1.807) is 0 Å². The molecular weight excluding hydrogens is 314 g/mol. The number of amides is 2. The number of fused-ring (bicyclic) bond motifs is 1. The third-order valence-corrected chi connectivity index (χ3v) is 5.93. The average molecular weight is 341 g/mol. The summed E-state index contributed by atoms with van der Waals surface area (Å²) in [5.41, 5.74) is 2.59. The molecule has 0 saturated carbocycles. The Morgan fingerprint density at radius 3 is 2.72 bits per heavy atom. The topological polar surface area (TPSA) is 62.2 Å². The third-order valence-electron chi connectivity index (χ3n) is 5.93. The van der Waals surface area contributed by atoms with E-state index >= 15 is 0 Å². The molecule has 2 aliphatic heterocycles. The molecule has 2 fully saturated rings. The Bertz CT molecular complexity index is 724. The van der Waals surface area contributed by atoms with Gasteiger partial charge in [-0.3, -0.25) is 0 Å². The number of likely N-dealkylation sites (tertiary alicyclic amines) is 1. The van der Waals surface area contributed by atoms with Gasteiger partial charge in [-0.15, -0.1) is 0 Å². The molecule has 1 aromatic carbocycles. The maximum atomic E-state index is 12.4. The number of carbonyl (C=O) groups excluding carboxylic acids is 1. The van der Waals surface area contributed by atoms with Crippen LogP contribution in [-0.4, -0.2) is 53.2 Å². The fraction of sp³-hybridized carbons (Fsp3) is 0.579. The van der Waals surface area contributed by atoms with Crippen molar-refractivity contribution in [3.8, 4) is 0 Å². The van der Waals surface area contributed by atoms with Crippen molar-refractivity contribution in [1.29, 1.82) is 0 Å². The van der Waals surface area contributed by atoms with Gasteiger partial charge in [-0.25, -0.2) is 9.78 Å². The lowest BCUT2D eigenvalue weighted by Crippen LogP contribution is -2.50. The molecule has 2 aromatic rings. The number of hydrogen-bond donors (Lipinski definition) is 2. The average Bonchev–Trinajstić information content (AvgIpc) is 3.06. The van der Waals surface area contributed by atoms with Crippen molar-refractivity contribution in [3.63, 3.8) is 0 Å². The zero-order valence-electron chi connectivity index (χ0n) is 14.7. The van der Waals surface area contributed by atoms with Crippen molar-refractivity contribution < 1.29 is 4.79 Å². The maximum absolute atomic E-state index is 12.4. The van der Waals surface area contributed by atoms with Gasteiger partial charge in [0.15, 0.2) is 0 Å². The number of benzene rings is 1. The van der Waals surface area contributed by atoms with Crippen LogP contribution in [0.4, 0.5) is 4.79 Å². The van der Waals surface area contributed by atoms with Crippen molar-refractivity contribution in [3.05, 3.63) is 30.6 Å². The second-order valence-corrected chi connectivity index (χ2v) is 7.40. The van der Waals surface area contributed by atoms with E-state index in [2.05, 4.69) is 26.3 Å². The maximum Gasteiger partial charge on any atom is 0.317 e. The standard InChI is InChI=1S/C19H27N5O/c25-18(23-12-7-19(8-13-23)5-9-20-10-6-19)21-11-14-24-15-22-16-3-1-2-4-17(16)24/h1-4,15,20H,5-14H2,(H,21,25). The molecular formula is C19H27N5O. The number of nitrogens with one attached hydrogen (secondary N) is 2. The number of hydrogen-bond acceptors (Lipinski definition) is 3. The van der Waals surface area contributed by atoms with Crippen molar-refractivity contribution in [2.45, 2.75) is 32.2 Å². The number of piperidine rings is 2. The molecule has 1 aromatic heterocycles. The highest BCUT2D eigenvalue weighted by molar-refractivity contribution is 5.75. The molecule has 0 atom stereocenters. The second-order valence-electron chi connectivity index (χ2n) is 7.40. The lowest BCUT2D eigenvalue weighted by atomic mass is 9.72. The van der Waals surface area contributed by atoms with Crippen LogP contribution in [0.3, 0.4) is 0 Å². The zero-order chi connectivity index (χ0) is 17.1. The van der Waals surface area contributed by atoms with E-state index in [0.29, 0.717) is 12.0 Å². The first-order valence-electron chi connectivity index (χ1n) is 9.39. The van der Waals surface area contributed by atoms with E-state index in [1.165, 1.54) is 12.8 Å². The Morgan fingerprint density at radius 2 is 1.92 bits per heavy atom. The normalized spacial score (nSPS) is 20.1. The highest BCUT2D eigenvalue weighted by Gasteiger charge is 2.36. The van der Waals surface area contributed by atoms with E-state index in [4.69, 9.17) is 0 Å². The number of urea groups is 1. The molecule has 4 rings (SSSR count). The third kappa shape index (κ3) is 3.49. The van der Waals surface area contributed by atoms with Crippen LogP contribution < -0.4 is 10.6 Å². The quantitative estimate of drug-likeness (QED) is 0.900. The Balaban J connectivity index is 1.25. The van der Waals surface area contributed by atoms with Crippen LogP contribution in [0.1, 0.15) is 25.7 Å². The van der Waals surface area contributed by atoms with Crippen LogP contribution in [0, 0.1) is 5.41 Å². The Kier molecular flexibility index (Phi) is 4.61. The highest BCUT2D eigenvalue weighted by atomic mass is 16.2. The summed E-state index contributed by atoms with van der Waals surface area (Å²) in [6.07, 6.45) is 6.66. The van der Waals surface area contributed by atoms with Gasteiger partial charge in [0, 0.05) is 26.2 Å². The minimum atomic E-state index is 0.0770. The first-order valence-corrected chi connectivity index (χ1v) is 9.39. The monoisotopic (exact) mass is 341 g/mol. The summed E-state index contributed by atoms with van der Waals surface area (Å²) in [4.78, 5) is 18.8. The molecule has 0 bridgehead atoms. The molecule has 1 spiro atoms. The van der Waals surface area contributed by atoms with Gasteiger partial charge < -0.3 is 20.1 Å². The first-order chi connectivity index (χ1) is 12.3. The van der Waals surface area contributed by atoms with Crippen LogP contribution in [0.2, 0.25) is 0 Å².